The van der Waals surface area contributed by atoms with Gasteiger partial charge in [-0.25, -0.2) is 4.79 Å². The van der Waals surface area contributed by atoms with Crippen LogP contribution in [0.4, 0.5) is 0 Å². The summed E-state index contributed by atoms with van der Waals surface area (Å²) in [5.74, 6) is -0.467. The molecule has 0 heterocycles. The number of hydrogen-bond acceptors (Lipinski definition) is 3. The van der Waals surface area contributed by atoms with Crippen molar-refractivity contribution in [1.29, 1.82) is 0 Å². The first kappa shape index (κ1) is 8.94. The Kier molecular flexibility index (Phi) is 3.00. The molecule has 0 aromatic carbocycles. The van der Waals surface area contributed by atoms with E-state index in [2.05, 4.69) is 4.84 Å². The number of hydroxylamine groups is 1. The molecular weight excluding hydrogens is 158 g/mol. The van der Waals surface area contributed by atoms with E-state index in [0.717, 1.165) is 30.4 Å². The van der Waals surface area contributed by atoms with Crippen molar-refractivity contribution in [2.75, 3.05) is 0 Å². The molecule has 12 heavy (non-hydrogen) atoms. The highest BCUT2D eigenvalue weighted by atomic mass is 16.7. The lowest BCUT2D eigenvalue weighted by Crippen LogP contribution is -2.25. The third-order valence-corrected chi connectivity index (χ3v) is 1.97. The predicted molar refractivity (Wildman–Crippen MR) is 40.0 cm³/mol. The van der Waals surface area contributed by atoms with Crippen LogP contribution in [-0.2, 0) is 14.4 Å². The molecule has 0 aromatic rings. The first-order chi connectivity index (χ1) is 5.74. The maximum absolute atomic E-state index is 10.5. The quantitative estimate of drug-likeness (QED) is 0.202. The minimum atomic E-state index is -0.467. The van der Waals surface area contributed by atoms with Crippen molar-refractivity contribution < 1.29 is 19.2 Å². The second kappa shape index (κ2) is 4.02. The molecule has 0 aromatic heterocycles. The molecule has 0 N–H and O–H groups in total. The number of carbonyl (C=O) groups excluding carboxylic acids is 2. The van der Waals surface area contributed by atoms with Crippen LogP contribution < -0.4 is 0 Å². The third kappa shape index (κ3) is 2.17. The third-order valence-electron chi connectivity index (χ3n) is 1.97. The van der Waals surface area contributed by atoms with Crippen LogP contribution in [0, 0.1) is 0 Å². The Morgan fingerprint density at radius 3 is 2.50 bits per heavy atom. The fourth-order valence-corrected chi connectivity index (χ4v) is 1.44. The van der Waals surface area contributed by atoms with Gasteiger partial charge in [0.15, 0.2) is 0 Å². The number of rotatable bonds is 2. The zero-order valence-electron chi connectivity index (χ0n) is 7.08. The zero-order chi connectivity index (χ0) is 8.97. The first-order valence-corrected chi connectivity index (χ1v) is 4.09. The van der Waals surface area contributed by atoms with Gasteiger partial charge in [0.05, 0.1) is 4.74 Å². The van der Waals surface area contributed by atoms with Gasteiger partial charge in [-0.2, -0.15) is 9.63 Å². The van der Waals surface area contributed by atoms with Gasteiger partial charge in [0.25, 0.3) is 0 Å². The normalized spacial score (nSPS) is 17.1. The van der Waals surface area contributed by atoms with E-state index in [1.54, 1.807) is 6.08 Å². The van der Waals surface area contributed by atoms with E-state index in [-0.39, 0.29) is 6.04 Å². The predicted octanol–water partition coefficient (Wildman–Crippen LogP) is 0.755. The van der Waals surface area contributed by atoms with Gasteiger partial charge in [-0.3, -0.25) is 0 Å². The first-order valence-electron chi connectivity index (χ1n) is 4.09. The van der Waals surface area contributed by atoms with E-state index < -0.39 is 5.97 Å². The molecule has 0 aliphatic heterocycles. The van der Waals surface area contributed by atoms with Crippen LogP contribution in [0.5, 0.6) is 0 Å². The van der Waals surface area contributed by atoms with Crippen molar-refractivity contribution in [2.24, 2.45) is 0 Å². The molecule has 0 amide bonds. The van der Waals surface area contributed by atoms with Crippen molar-refractivity contribution >= 4 is 12.0 Å². The molecule has 4 nitrogen and oxygen atoms in total. The zero-order valence-corrected chi connectivity index (χ0v) is 7.08. The number of isocyanates is 1. The molecule has 4 heteroatoms. The van der Waals surface area contributed by atoms with Gasteiger partial charge in [0, 0.05) is 19.8 Å². The fraction of sp³-hybridized carbons (Fsp3) is 0.750. The maximum Gasteiger partial charge on any atom is 0.478 e. The largest absolute Gasteiger partial charge is 0.478 e. The van der Waals surface area contributed by atoms with Crippen LogP contribution in [0.3, 0.4) is 0 Å². The monoisotopic (exact) mass is 170 g/mol. The lowest BCUT2D eigenvalue weighted by atomic mass is 10.3. The second-order valence-electron chi connectivity index (χ2n) is 2.94. The molecule has 1 fully saturated rings. The molecule has 0 bridgehead atoms. The fourth-order valence-electron chi connectivity index (χ4n) is 1.44. The molecule has 1 aliphatic carbocycles. The highest BCUT2D eigenvalue weighted by molar-refractivity contribution is 5.65. The highest BCUT2D eigenvalue weighted by Gasteiger charge is 2.30. The summed E-state index contributed by atoms with van der Waals surface area (Å²) in [5, 5.41) is 0. The Morgan fingerprint density at radius 1 is 1.50 bits per heavy atom. The molecule has 0 radical (unpaired) electrons. The molecule has 66 valence electrons. The van der Waals surface area contributed by atoms with Gasteiger partial charge in [-0.1, -0.05) is 0 Å². The average molecular weight is 170 g/mol. The minimum Gasteiger partial charge on any atom is -0.245 e. The summed E-state index contributed by atoms with van der Waals surface area (Å²) >= 11 is 0. The van der Waals surface area contributed by atoms with Crippen LogP contribution in [0.25, 0.3) is 0 Å². The molecule has 0 saturated heterocycles. The standard InChI is InChI=1S/C8H12NO3/c1-7(11)12-9(6-10)8-4-2-3-5-8/h8H,2-5H2,1H3/q+1. The second-order valence-corrected chi connectivity index (χ2v) is 2.94. The molecule has 1 saturated carbocycles. The van der Waals surface area contributed by atoms with Crippen molar-refractivity contribution in [2.45, 2.75) is 38.6 Å². The summed E-state index contributed by atoms with van der Waals surface area (Å²) in [7, 11) is 0. The van der Waals surface area contributed by atoms with Crippen LogP contribution in [-0.4, -0.2) is 22.8 Å². The summed E-state index contributed by atoms with van der Waals surface area (Å²) in [6, 6.07) is 0.0476. The Hall–Kier alpha value is -1.15. The Morgan fingerprint density at radius 2 is 2.08 bits per heavy atom. The smallest absolute Gasteiger partial charge is 0.245 e. The van der Waals surface area contributed by atoms with Crippen LogP contribution in [0.15, 0.2) is 0 Å². The summed E-state index contributed by atoms with van der Waals surface area (Å²) < 4.78 is 1.01. The van der Waals surface area contributed by atoms with Crippen LogP contribution in [0.1, 0.15) is 32.6 Å². The molecule has 1 aliphatic rings. The number of hydrogen-bond donors (Lipinski definition) is 0. The number of carbonyl (C=O) groups is 1. The number of nitrogens with zero attached hydrogens (tertiary/aromatic N) is 1. The van der Waals surface area contributed by atoms with Crippen molar-refractivity contribution in [1.82, 2.24) is 0 Å². The Balaban J connectivity index is 2.56. The molecule has 0 atom stereocenters. The van der Waals surface area contributed by atoms with E-state index >= 15 is 0 Å². The van der Waals surface area contributed by atoms with Gasteiger partial charge in [0.2, 0.25) is 6.04 Å². The van der Waals surface area contributed by atoms with Gasteiger partial charge in [0.1, 0.15) is 0 Å². The Bertz CT molecular complexity index is 224. The van der Waals surface area contributed by atoms with E-state index in [1.165, 1.54) is 6.92 Å². The SMILES string of the molecule is CC(=O)O[N+](=C=O)C1CCCC1. The maximum atomic E-state index is 10.5. The lowest BCUT2D eigenvalue weighted by Gasteiger charge is -1.99. The summed E-state index contributed by atoms with van der Waals surface area (Å²) in [4.78, 5) is 25.5. The molecule has 1 rings (SSSR count). The summed E-state index contributed by atoms with van der Waals surface area (Å²) in [6.45, 7) is 1.28. The van der Waals surface area contributed by atoms with Crippen molar-refractivity contribution in [3.8, 4) is 0 Å². The van der Waals surface area contributed by atoms with Crippen LogP contribution in [0.2, 0.25) is 0 Å². The topological polar surface area (TPSA) is 46.4 Å². The van der Waals surface area contributed by atoms with Crippen molar-refractivity contribution in [3.05, 3.63) is 0 Å². The summed E-state index contributed by atoms with van der Waals surface area (Å²) in [5.41, 5.74) is 0. The van der Waals surface area contributed by atoms with Gasteiger partial charge >= 0.3 is 12.0 Å². The van der Waals surface area contributed by atoms with E-state index in [9.17, 15) is 9.59 Å². The Labute approximate surface area is 70.8 Å². The molecular formula is C8H12NO3+. The van der Waals surface area contributed by atoms with E-state index in [1.807, 2.05) is 0 Å². The van der Waals surface area contributed by atoms with E-state index in [4.69, 9.17) is 0 Å². The molecule has 0 unspecified atom stereocenters. The average Bonchev–Trinajstić information content (AvgIpc) is 2.51. The van der Waals surface area contributed by atoms with Gasteiger partial charge in [-0.15, -0.1) is 0 Å². The molecule has 0 spiro atoms. The lowest BCUT2D eigenvalue weighted by molar-refractivity contribution is -0.782. The minimum absolute atomic E-state index is 0.0476. The van der Waals surface area contributed by atoms with Crippen molar-refractivity contribution in [3.63, 3.8) is 0 Å². The highest BCUT2D eigenvalue weighted by Crippen LogP contribution is 2.20. The van der Waals surface area contributed by atoms with Crippen LogP contribution >= 0.6 is 0 Å². The van der Waals surface area contributed by atoms with E-state index in [0.29, 0.717) is 0 Å². The summed E-state index contributed by atoms with van der Waals surface area (Å²) in [6.07, 6.45) is 5.60. The van der Waals surface area contributed by atoms with Gasteiger partial charge in [-0.05, 0) is 12.8 Å². The van der Waals surface area contributed by atoms with Gasteiger partial charge < -0.3 is 0 Å².